The third-order valence-electron chi connectivity index (χ3n) is 5.98. The van der Waals surface area contributed by atoms with Gasteiger partial charge in [-0.3, -0.25) is 4.79 Å². The molecule has 180 valence electrons. The Morgan fingerprint density at radius 2 is 1.91 bits per heavy atom. The Hall–Kier alpha value is -2.30. The molecule has 4 rings (SSSR count). The van der Waals surface area contributed by atoms with Crippen LogP contribution in [0, 0.1) is 0 Å². The smallest absolute Gasteiger partial charge is 0.289 e. The molecule has 0 atom stereocenters. The summed E-state index contributed by atoms with van der Waals surface area (Å²) in [5, 5.41) is 3.37. The molecule has 9 heteroatoms. The van der Waals surface area contributed by atoms with Crippen molar-refractivity contribution < 1.29 is 13.9 Å². The highest BCUT2D eigenvalue weighted by molar-refractivity contribution is 14.0. The van der Waals surface area contributed by atoms with E-state index in [4.69, 9.17) is 14.1 Å². The van der Waals surface area contributed by atoms with E-state index in [2.05, 4.69) is 22.1 Å². The number of guanidine groups is 1. The SMILES string of the molecule is CCNC(=NCc1ccc(OC2CCCCC2)nc1)N1CCN(C(=O)c2ccco2)CC1.I. The number of nitrogens with zero attached hydrogens (tertiary/aromatic N) is 4. The van der Waals surface area contributed by atoms with Gasteiger partial charge in [0.1, 0.15) is 6.10 Å². The number of aliphatic imine (C=N–C) groups is 1. The van der Waals surface area contributed by atoms with Crippen molar-refractivity contribution in [1.82, 2.24) is 20.1 Å². The molecule has 1 aliphatic carbocycles. The largest absolute Gasteiger partial charge is 0.474 e. The summed E-state index contributed by atoms with van der Waals surface area (Å²) in [4.78, 5) is 25.8. The molecule has 2 aromatic rings. The van der Waals surface area contributed by atoms with Gasteiger partial charge in [-0.2, -0.15) is 0 Å². The number of carbonyl (C=O) groups is 1. The fraction of sp³-hybridized carbons (Fsp3) is 0.542. The first-order valence-corrected chi connectivity index (χ1v) is 11.7. The number of rotatable bonds is 6. The summed E-state index contributed by atoms with van der Waals surface area (Å²) in [5.41, 5.74) is 1.04. The summed E-state index contributed by atoms with van der Waals surface area (Å²) in [5.74, 6) is 1.90. The van der Waals surface area contributed by atoms with Crippen LogP contribution in [0.25, 0.3) is 0 Å². The van der Waals surface area contributed by atoms with Crippen LogP contribution in [-0.2, 0) is 6.54 Å². The lowest BCUT2D eigenvalue weighted by Crippen LogP contribution is -2.53. The van der Waals surface area contributed by atoms with Crippen molar-refractivity contribution in [3.05, 3.63) is 48.0 Å². The number of pyridine rings is 1. The highest BCUT2D eigenvalue weighted by Gasteiger charge is 2.25. The molecule has 0 spiro atoms. The number of hydrogen-bond acceptors (Lipinski definition) is 5. The first-order valence-electron chi connectivity index (χ1n) is 11.7. The summed E-state index contributed by atoms with van der Waals surface area (Å²) in [7, 11) is 0. The zero-order chi connectivity index (χ0) is 22.2. The van der Waals surface area contributed by atoms with Crippen LogP contribution in [-0.4, -0.2) is 65.5 Å². The first-order chi connectivity index (χ1) is 15.7. The molecule has 33 heavy (non-hydrogen) atoms. The topological polar surface area (TPSA) is 83.2 Å². The van der Waals surface area contributed by atoms with E-state index in [0.29, 0.717) is 37.4 Å². The van der Waals surface area contributed by atoms with Crippen molar-refractivity contribution >= 4 is 35.8 Å². The Labute approximate surface area is 212 Å². The molecule has 0 unspecified atom stereocenters. The van der Waals surface area contributed by atoms with Crippen LogP contribution in [0.2, 0.25) is 0 Å². The van der Waals surface area contributed by atoms with Gasteiger partial charge in [0, 0.05) is 45.0 Å². The number of furan rings is 1. The Morgan fingerprint density at radius 1 is 1.15 bits per heavy atom. The van der Waals surface area contributed by atoms with Crippen LogP contribution in [0.15, 0.2) is 46.1 Å². The highest BCUT2D eigenvalue weighted by atomic mass is 127. The molecule has 2 fully saturated rings. The minimum absolute atomic E-state index is 0. The predicted octanol–water partition coefficient (Wildman–Crippen LogP) is 3.93. The van der Waals surface area contributed by atoms with Crippen LogP contribution < -0.4 is 10.1 Å². The van der Waals surface area contributed by atoms with Gasteiger partial charge in [-0.25, -0.2) is 9.98 Å². The van der Waals surface area contributed by atoms with Gasteiger partial charge in [0.2, 0.25) is 5.88 Å². The molecule has 2 aliphatic rings. The summed E-state index contributed by atoms with van der Waals surface area (Å²) >= 11 is 0. The zero-order valence-electron chi connectivity index (χ0n) is 19.2. The molecule has 0 radical (unpaired) electrons. The molecule has 2 aromatic heterocycles. The summed E-state index contributed by atoms with van der Waals surface area (Å²) < 4.78 is 11.3. The number of halogens is 1. The fourth-order valence-electron chi connectivity index (χ4n) is 4.20. The van der Waals surface area contributed by atoms with Gasteiger partial charge in [-0.05, 0) is 50.3 Å². The quantitative estimate of drug-likeness (QED) is 0.324. The average molecular weight is 567 g/mol. The van der Waals surface area contributed by atoms with Gasteiger partial charge < -0.3 is 24.3 Å². The Bertz CT molecular complexity index is 874. The van der Waals surface area contributed by atoms with E-state index in [0.717, 1.165) is 44.0 Å². The van der Waals surface area contributed by atoms with Gasteiger partial charge in [-0.15, -0.1) is 24.0 Å². The maximum Gasteiger partial charge on any atom is 0.289 e. The molecule has 1 saturated carbocycles. The Kier molecular flexibility index (Phi) is 9.83. The third-order valence-corrected chi connectivity index (χ3v) is 5.98. The van der Waals surface area contributed by atoms with Crippen molar-refractivity contribution in [2.24, 2.45) is 4.99 Å². The van der Waals surface area contributed by atoms with Crippen molar-refractivity contribution in [1.29, 1.82) is 0 Å². The number of aromatic nitrogens is 1. The third kappa shape index (κ3) is 7.09. The van der Waals surface area contributed by atoms with E-state index < -0.39 is 0 Å². The number of amides is 1. The van der Waals surface area contributed by atoms with Crippen LogP contribution in [0.4, 0.5) is 0 Å². The van der Waals surface area contributed by atoms with E-state index in [1.54, 1.807) is 12.1 Å². The Balaban J connectivity index is 0.00000306. The van der Waals surface area contributed by atoms with E-state index in [9.17, 15) is 4.79 Å². The number of hydrogen-bond donors (Lipinski definition) is 1. The van der Waals surface area contributed by atoms with Gasteiger partial charge in [0.15, 0.2) is 11.7 Å². The van der Waals surface area contributed by atoms with Crippen LogP contribution >= 0.6 is 24.0 Å². The van der Waals surface area contributed by atoms with Gasteiger partial charge in [0.25, 0.3) is 5.91 Å². The second-order valence-electron chi connectivity index (χ2n) is 8.31. The van der Waals surface area contributed by atoms with Crippen LogP contribution in [0.3, 0.4) is 0 Å². The summed E-state index contributed by atoms with van der Waals surface area (Å²) in [6.45, 7) is 6.12. The molecule has 3 heterocycles. The molecule has 1 amide bonds. The monoisotopic (exact) mass is 567 g/mol. The second kappa shape index (κ2) is 12.8. The van der Waals surface area contributed by atoms with Crippen molar-refractivity contribution in [3.8, 4) is 5.88 Å². The minimum Gasteiger partial charge on any atom is -0.474 e. The normalized spacial score (nSPS) is 17.4. The molecule has 0 bridgehead atoms. The molecule has 1 N–H and O–H groups in total. The Morgan fingerprint density at radius 3 is 2.55 bits per heavy atom. The number of carbonyl (C=O) groups excluding carboxylic acids is 1. The van der Waals surface area contributed by atoms with E-state index >= 15 is 0 Å². The summed E-state index contributed by atoms with van der Waals surface area (Å²) in [6, 6.07) is 7.44. The average Bonchev–Trinajstić information content (AvgIpc) is 3.38. The first kappa shape index (κ1) is 25.3. The number of nitrogens with one attached hydrogen (secondary N) is 1. The molecule has 1 aliphatic heterocycles. The maximum atomic E-state index is 12.5. The minimum atomic E-state index is -0.0572. The molecule has 1 saturated heterocycles. The van der Waals surface area contributed by atoms with Gasteiger partial charge in [0.05, 0.1) is 12.8 Å². The lowest BCUT2D eigenvalue weighted by molar-refractivity contribution is 0.0657. The van der Waals surface area contributed by atoms with Crippen molar-refractivity contribution in [2.75, 3.05) is 32.7 Å². The molecule has 0 aromatic carbocycles. The van der Waals surface area contributed by atoms with Crippen LogP contribution in [0.5, 0.6) is 5.88 Å². The molecular formula is C24H34IN5O3. The summed E-state index contributed by atoms with van der Waals surface area (Å²) in [6.07, 6.45) is 9.74. The number of piperazine rings is 1. The van der Waals surface area contributed by atoms with Crippen molar-refractivity contribution in [3.63, 3.8) is 0 Å². The fourth-order valence-corrected chi connectivity index (χ4v) is 4.20. The van der Waals surface area contributed by atoms with E-state index in [1.165, 1.54) is 25.5 Å². The van der Waals surface area contributed by atoms with Gasteiger partial charge in [-0.1, -0.05) is 12.5 Å². The highest BCUT2D eigenvalue weighted by Crippen LogP contribution is 2.22. The van der Waals surface area contributed by atoms with E-state index in [1.807, 2.05) is 23.2 Å². The number of ether oxygens (including phenoxy) is 1. The lowest BCUT2D eigenvalue weighted by Gasteiger charge is -2.36. The van der Waals surface area contributed by atoms with Gasteiger partial charge >= 0.3 is 0 Å². The van der Waals surface area contributed by atoms with Crippen LogP contribution in [0.1, 0.15) is 55.1 Å². The van der Waals surface area contributed by atoms with Crippen molar-refractivity contribution in [2.45, 2.75) is 51.7 Å². The maximum absolute atomic E-state index is 12.5. The molecular weight excluding hydrogens is 533 g/mol. The molecule has 8 nitrogen and oxygen atoms in total. The lowest BCUT2D eigenvalue weighted by atomic mass is 9.98. The van der Waals surface area contributed by atoms with E-state index in [-0.39, 0.29) is 29.9 Å². The standard InChI is InChI=1S/C24H33N5O3.HI/c1-2-25-24(29-14-12-28(13-15-29)23(30)21-9-6-16-31-21)27-18-19-10-11-22(26-17-19)32-20-7-4-3-5-8-20;/h6,9-11,16-17,20H,2-5,7-8,12-15,18H2,1H3,(H,25,27);1H. The predicted molar refractivity (Wildman–Crippen MR) is 138 cm³/mol. The zero-order valence-corrected chi connectivity index (χ0v) is 21.6. The second-order valence-corrected chi connectivity index (χ2v) is 8.31.